The number of nitriles is 1. The Morgan fingerprint density at radius 1 is 1.42 bits per heavy atom. The Morgan fingerprint density at radius 3 is 2.81 bits per heavy atom. The van der Waals surface area contributed by atoms with Crippen molar-refractivity contribution in [1.82, 2.24) is 9.88 Å². The van der Waals surface area contributed by atoms with Crippen molar-refractivity contribution in [2.75, 3.05) is 18.0 Å². The predicted octanol–water partition coefficient (Wildman–Crippen LogP) is 3.42. The van der Waals surface area contributed by atoms with Gasteiger partial charge in [-0.2, -0.15) is 16.6 Å². The number of amides is 1. The largest absolute Gasteiger partial charge is 0.357 e. The third-order valence-corrected chi connectivity index (χ3v) is 6.55. The van der Waals surface area contributed by atoms with E-state index in [-0.39, 0.29) is 11.3 Å². The highest BCUT2D eigenvalue weighted by atomic mass is 32.1. The second-order valence-electron chi connectivity index (χ2n) is 7.36. The van der Waals surface area contributed by atoms with Gasteiger partial charge in [0.05, 0.1) is 5.56 Å². The van der Waals surface area contributed by atoms with E-state index < -0.39 is 0 Å². The van der Waals surface area contributed by atoms with Crippen molar-refractivity contribution in [3.05, 3.63) is 46.3 Å². The van der Waals surface area contributed by atoms with Crippen molar-refractivity contribution in [2.24, 2.45) is 5.41 Å². The van der Waals surface area contributed by atoms with Crippen molar-refractivity contribution in [3.8, 4) is 6.07 Å². The summed E-state index contributed by atoms with van der Waals surface area (Å²) in [4.78, 5) is 21.0. The summed E-state index contributed by atoms with van der Waals surface area (Å²) in [6.45, 7) is 4.33. The number of rotatable bonds is 4. The minimum atomic E-state index is 0.175. The lowest BCUT2D eigenvalue weighted by Crippen LogP contribution is -2.40. The molecule has 1 saturated heterocycles. The molecule has 1 saturated carbocycles. The van der Waals surface area contributed by atoms with E-state index >= 15 is 0 Å². The first kappa shape index (κ1) is 17.0. The monoisotopic (exact) mass is 366 g/mol. The Morgan fingerprint density at radius 2 is 2.23 bits per heavy atom. The first-order valence-corrected chi connectivity index (χ1v) is 9.95. The summed E-state index contributed by atoms with van der Waals surface area (Å²) in [5, 5.41) is 13.1. The van der Waals surface area contributed by atoms with Crippen LogP contribution in [0.25, 0.3) is 0 Å². The Labute approximate surface area is 157 Å². The maximum atomic E-state index is 12.2. The molecule has 134 valence electrons. The average Bonchev–Trinajstić information content (AvgIpc) is 3.09. The van der Waals surface area contributed by atoms with E-state index in [9.17, 15) is 4.79 Å². The van der Waals surface area contributed by atoms with Gasteiger partial charge in [0.2, 0.25) is 5.91 Å². The maximum Gasteiger partial charge on any atom is 0.220 e. The van der Waals surface area contributed by atoms with Gasteiger partial charge in [-0.15, -0.1) is 0 Å². The number of carbonyl (C=O) groups is 1. The molecule has 2 aliphatic rings. The maximum absolute atomic E-state index is 12.2. The third kappa shape index (κ3) is 3.19. The molecule has 2 aromatic rings. The highest BCUT2D eigenvalue weighted by Gasteiger charge is 2.58. The number of nitrogens with zero attached hydrogens (tertiary/aromatic N) is 4. The minimum absolute atomic E-state index is 0.175. The van der Waals surface area contributed by atoms with Crippen molar-refractivity contribution in [3.63, 3.8) is 0 Å². The number of piperidine rings is 1. The molecule has 4 rings (SSSR count). The molecule has 1 spiro atoms. The van der Waals surface area contributed by atoms with Crippen LogP contribution < -0.4 is 4.90 Å². The van der Waals surface area contributed by atoms with E-state index in [2.05, 4.69) is 37.7 Å². The zero-order chi connectivity index (χ0) is 18.1. The van der Waals surface area contributed by atoms with Crippen LogP contribution in [0.1, 0.15) is 37.3 Å². The van der Waals surface area contributed by atoms with Crippen LogP contribution in [0.5, 0.6) is 0 Å². The highest BCUT2D eigenvalue weighted by Crippen LogP contribution is 2.57. The standard InChI is InChI=1S/C20H22N4OS/c1-15(25)24(13-17-4-9-26-14-17)18-10-20(18)5-7-23(8-6-20)19-3-2-16(11-21)12-22-19/h2-4,9,12,14,18H,5-8,10,13H2,1H3/t18-/m1/s1. The molecular formula is C20H22N4OS. The van der Waals surface area contributed by atoms with Gasteiger partial charge in [-0.25, -0.2) is 4.98 Å². The fraction of sp³-hybridized carbons (Fsp3) is 0.450. The van der Waals surface area contributed by atoms with Gasteiger partial charge in [-0.3, -0.25) is 4.79 Å². The van der Waals surface area contributed by atoms with E-state index in [4.69, 9.17) is 5.26 Å². The SMILES string of the molecule is CC(=O)N(Cc1ccsc1)[C@@H]1CC12CCN(c1ccc(C#N)cn1)CC2. The second-order valence-corrected chi connectivity index (χ2v) is 8.14. The summed E-state index contributed by atoms with van der Waals surface area (Å²) in [6.07, 6.45) is 4.93. The minimum Gasteiger partial charge on any atom is -0.357 e. The van der Waals surface area contributed by atoms with E-state index in [0.29, 0.717) is 11.6 Å². The van der Waals surface area contributed by atoms with Crippen molar-refractivity contribution in [2.45, 2.75) is 38.8 Å². The molecule has 1 aliphatic heterocycles. The number of hydrogen-bond acceptors (Lipinski definition) is 5. The number of pyridine rings is 1. The lowest BCUT2D eigenvalue weighted by Gasteiger charge is -2.35. The fourth-order valence-electron chi connectivity index (χ4n) is 4.14. The summed E-state index contributed by atoms with van der Waals surface area (Å²) in [7, 11) is 0. The van der Waals surface area contributed by atoms with Crippen LogP contribution in [0.15, 0.2) is 35.2 Å². The van der Waals surface area contributed by atoms with Crippen molar-refractivity contribution < 1.29 is 4.79 Å². The molecule has 5 nitrogen and oxygen atoms in total. The number of anilines is 1. The van der Waals surface area contributed by atoms with Gasteiger partial charge in [-0.1, -0.05) is 0 Å². The molecule has 0 N–H and O–H groups in total. The number of thiophene rings is 1. The number of aromatic nitrogens is 1. The molecule has 0 radical (unpaired) electrons. The lowest BCUT2D eigenvalue weighted by atomic mass is 9.92. The topological polar surface area (TPSA) is 60.2 Å². The van der Waals surface area contributed by atoms with Gasteiger partial charge in [0.25, 0.3) is 0 Å². The van der Waals surface area contributed by atoms with E-state index in [1.54, 1.807) is 24.5 Å². The van der Waals surface area contributed by atoms with Crippen LogP contribution in [-0.2, 0) is 11.3 Å². The third-order valence-electron chi connectivity index (χ3n) is 5.82. The average molecular weight is 366 g/mol. The van der Waals surface area contributed by atoms with Crippen LogP contribution >= 0.6 is 11.3 Å². The zero-order valence-electron chi connectivity index (χ0n) is 14.9. The van der Waals surface area contributed by atoms with Gasteiger partial charge in [-0.05, 0) is 59.2 Å². The molecule has 0 unspecified atom stereocenters. The molecule has 0 aromatic carbocycles. The molecule has 1 aliphatic carbocycles. The van der Waals surface area contributed by atoms with Crippen molar-refractivity contribution in [1.29, 1.82) is 5.26 Å². The van der Waals surface area contributed by atoms with Crippen LogP contribution in [0.2, 0.25) is 0 Å². The Bertz CT molecular complexity index is 816. The van der Waals surface area contributed by atoms with Crippen LogP contribution in [0.4, 0.5) is 5.82 Å². The van der Waals surface area contributed by atoms with E-state index in [1.807, 2.05) is 12.1 Å². The molecular weight excluding hydrogens is 344 g/mol. The molecule has 1 amide bonds. The molecule has 26 heavy (non-hydrogen) atoms. The first-order valence-electron chi connectivity index (χ1n) is 9.01. The van der Waals surface area contributed by atoms with Gasteiger partial charge < -0.3 is 9.80 Å². The summed E-state index contributed by atoms with van der Waals surface area (Å²) in [5.41, 5.74) is 2.10. The second kappa shape index (κ2) is 6.73. The van der Waals surface area contributed by atoms with E-state index in [0.717, 1.165) is 44.7 Å². The summed E-state index contributed by atoms with van der Waals surface area (Å²) in [5.74, 6) is 1.12. The van der Waals surface area contributed by atoms with Gasteiger partial charge >= 0.3 is 0 Å². The molecule has 2 aromatic heterocycles. The molecule has 0 bridgehead atoms. The number of hydrogen-bond donors (Lipinski definition) is 0. The normalized spacial score (nSPS) is 20.6. The van der Waals surface area contributed by atoms with Gasteiger partial charge in [0.15, 0.2) is 0 Å². The predicted molar refractivity (Wildman–Crippen MR) is 102 cm³/mol. The Hall–Kier alpha value is -2.39. The fourth-order valence-corrected chi connectivity index (χ4v) is 4.80. The number of carbonyl (C=O) groups excluding carboxylic acids is 1. The van der Waals surface area contributed by atoms with Crippen molar-refractivity contribution >= 4 is 23.1 Å². The zero-order valence-corrected chi connectivity index (χ0v) is 15.7. The Balaban J connectivity index is 1.39. The first-order chi connectivity index (χ1) is 12.6. The molecule has 1 atom stereocenters. The summed E-state index contributed by atoms with van der Waals surface area (Å²) >= 11 is 1.68. The summed E-state index contributed by atoms with van der Waals surface area (Å²) in [6, 6.07) is 8.34. The Kier molecular flexibility index (Phi) is 4.41. The van der Waals surface area contributed by atoms with E-state index in [1.165, 1.54) is 5.56 Å². The highest BCUT2D eigenvalue weighted by molar-refractivity contribution is 7.07. The van der Waals surface area contributed by atoms with Gasteiger partial charge in [0, 0.05) is 38.8 Å². The molecule has 3 heterocycles. The molecule has 6 heteroatoms. The molecule has 2 fully saturated rings. The smallest absolute Gasteiger partial charge is 0.220 e. The van der Waals surface area contributed by atoms with Gasteiger partial charge in [0.1, 0.15) is 11.9 Å². The quantitative estimate of drug-likeness (QED) is 0.832. The van der Waals surface area contributed by atoms with Crippen LogP contribution in [0.3, 0.4) is 0 Å². The van der Waals surface area contributed by atoms with Crippen LogP contribution in [0, 0.1) is 16.7 Å². The summed E-state index contributed by atoms with van der Waals surface area (Å²) < 4.78 is 0. The lowest BCUT2D eigenvalue weighted by molar-refractivity contribution is -0.130. The van der Waals surface area contributed by atoms with Crippen LogP contribution in [-0.4, -0.2) is 34.9 Å².